The van der Waals surface area contributed by atoms with Gasteiger partial charge in [0, 0.05) is 20.3 Å². The maximum atomic E-state index is 10.7. The summed E-state index contributed by atoms with van der Waals surface area (Å²) in [6.07, 6.45) is 2.08. The van der Waals surface area contributed by atoms with Gasteiger partial charge in [-0.3, -0.25) is 4.79 Å². The molecule has 0 spiro atoms. The SMILES string of the molecule is COCCCCOC(=O)CCN. The Hall–Kier alpha value is -0.610. The van der Waals surface area contributed by atoms with Gasteiger partial charge in [0.1, 0.15) is 0 Å². The summed E-state index contributed by atoms with van der Waals surface area (Å²) in [5.41, 5.74) is 5.16. The van der Waals surface area contributed by atoms with Crippen molar-refractivity contribution in [2.45, 2.75) is 19.3 Å². The van der Waals surface area contributed by atoms with Crippen LogP contribution in [0.15, 0.2) is 0 Å². The molecule has 4 nitrogen and oxygen atoms in total. The van der Waals surface area contributed by atoms with Crippen molar-refractivity contribution in [3.8, 4) is 0 Å². The number of nitrogens with two attached hydrogens (primary N) is 1. The fourth-order valence-electron chi connectivity index (χ4n) is 0.724. The predicted molar refractivity (Wildman–Crippen MR) is 45.7 cm³/mol. The minimum absolute atomic E-state index is 0.213. The Bertz CT molecular complexity index is 117. The van der Waals surface area contributed by atoms with Crippen molar-refractivity contribution in [2.75, 3.05) is 26.9 Å². The molecule has 0 saturated heterocycles. The Balaban J connectivity index is 3.03. The zero-order chi connectivity index (χ0) is 9.23. The van der Waals surface area contributed by atoms with Crippen LogP contribution in [-0.4, -0.2) is 32.8 Å². The first-order valence-corrected chi connectivity index (χ1v) is 4.16. The zero-order valence-electron chi connectivity index (χ0n) is 7.54. The van der Waals surface area contributed by atoms with Crippen molar-refractivity contribution in [3.63, 3.8) is 0 Å². The first-order valence-electron chi connectivity index (χ1n) is 4.16. The number of carbonyl (C=O) groups excluding carboxylic acids is 1. The number of unbranched alkanes of at least 4 members (excludes halogenated alkanes) is 1. The van der Waals surface area contributed by atoms with Crippen molar-refractivity contribution < 1.29 is 14.3 Å². The molecular formula is C8H17NO3. The summed E-state index contributed by atoms with van der Waals surface area (Å²) < 4.78 is 9.69. The van der Waals surface area contributed by atoms with E-state index in [0.717, 1.165) is 12.8 Å². The maximum Gasteiger partial charge on any atom is 0.307 e. The van der Waals surface area contributed by atoms with Gasteiger partial charge in [-0.1, -0.05) is 0 Å². The van der Waals surface area contributed by atoms with Crippen LogP contribution in [0.2, 0.25) is 0 Å². The minimum Gasteiger partial charge on any atom is -0.466 e. The number of methoxy groups -OCH3 is 1. The van der Waals surface area contributed by atoms with Crippen LogP contribution in [0.3, 0.4) is 0 Å². The Kier molecular flexibility index (Phi) is 8.05. The third-order valence-corrected chi connectivity index (χ3v) is 1.35. The molecule has 0 fully saturated rings. The Morgan fingerprint density at radius 2 is 2.00 bits per heavy atom. The summed E-state index contributed by atoms with van der Waals surface area (Å²) in [4.78, 5) is 10.7. The molecule has 0 saturated carbocycles. The molecule has 0 unspecified atom stereocenters. The molecule has 0 atom stereocenters. The highest BCUT2D eigenvalue weighted by molar-refractivity contribution is 5.69. The van der Waals surface area contributed by atoms with Gasteiger partial charge in [0.15, 0.2) is 0 Å². The van der Waals surface area contributed by atoms with Crippen LogP contribution in [-0.2, 0) is 14.3 Å². The van der Waals surface area contributed by atoms with Gasteiger partial charge < -0.3 is 15.2 Å². The van der Waals surface area contributed by atoms with Crippen LogP contribution in [0.4, 0.5) is 0 Å². The molecular weight excluding hydrogens is 158 g/mol. The number of rotatable bonds is 7. The van der Waals surface area contributed by atoms with Gasteiger partial charge in [-0.2, -0.15) is 0 Å². The van der Waals surface area contributed by atoms with Gasteiger partial charge in [0.2, 0.25) is 0 Å². The highest BCUT2D eigenvalue weighted by Gasteiger charge is 1.99. The summed E-state index contributed by atoms with van der Waals surface area (Å²) in [5.74, 6) is -0.213. The fourth-order valence-corrected chi connectivity index (χ4v) is 0.724. The summed E-state index contributed by atoms with van der Waals surface area (Å²) >= 11 is 0. The molecule has 0 heterocycles. The van der Waals surface area contributed by atoms with Crippen LogP contribution >= 0.6 is 0 Å². The van der Waals surface area contributed by atoms with E-state index in [1.54, 1.807) is 7.11 Å². The predicted octanol–water partition coefficient (Wildman–Crippen LogP) is 0.305. The van der Waals surface area contributed by atoms with Crippen molar-refractivity contribution in [2.24, 2.45) is 5.73 Å². The molecule has 12 heavy (non-hydrogen) atoms. The van der Waals surface area contributed by atoms with E-state index >= 15 is 0 Å². The van der Waals surface area contributed by atoms with Crippen molar-refractivity contribution >= 4 is 5.97 Å². The number of hydrogen-bond donors (Lipinski definition) is 1. The Morgan fingerprint density at radius 1 is 1.33 bits per heavy atom. The molecule has 0 radical (unpaired) electrons. The fraction of sp³-hybridized carbons (Fsp3) is 0.875. The topological polar surface area (TPSA) is 61.5 Å². The molecule has 0 aliphatic heterocycles. The molecule has 0 aliphatic rings. The second-order valence-electron chi connectivity index (χ2n) is 2.46. The highest BCUT2D eigenvalue weighted by atomic mass is 16.5. The second-order valence-corrected chi connectivity index (χ2v) is 2.46. The average Bonchev–Trinajstić information content (AvgIpc) is 2.05. The number of esters is 1. The Morgan fingerprint density at radius 3 is 2.58 bits per heavy atom. The van der Waals surface area contributed by atoms with Crippen LogP contribution < -0.4 is 5.73 Å². The molecule has 4 heteroatoms. The molecule has 72 valence electrons. The summed E-state index contributed by atoms with van der Waals surface area (Å²) in [6, 6.07) is 0. The molecule has 0 aromatic heterocycles. The van der Waals surface area contributed by atoms with E-state index < -0.39 is 0 Å². The normalized spacial score (nSPS) is 9.83. The largest absolute Gasteiger partial charge is 0.466 e. The number of carbonyl (C=O) groups is 1. The average molecular weight is 175 g/mol. The lowest BCUT2D eigenvalue weighted by Crippen LogP contribution is -2.12. The lowest BCUT2D eigenvalue weighted by Gasteiger charge is -2.02. The molecule has 2 N–H and O–H groups in total. The standard InChI is InChI=1S/C8H17NO3/c1-11-6-2-3-7-12-8(10)4-5-9/h2-7,9H2,1H3. The number of hydrogen-bond acceptors (Lipinski definition) is 4. The second kappa shape index (κ2) is 8.49. The maximum absolute atomic E-state index is 10.7. The lowest BCUT2D eigenvalue weighted by atomic mass is 10.3. The third kappa shape index (κ3) is 7.50. The first-order chi connectivity index (χ1) is 5.81. The van der Waals surface area contributed by atoms with Crippen molar-refractivity contribution in [1.29, 1.82) is 0 Å². The summed E-state index contributed by atoms with van der Waals surface area (Å²) in [6.45, 7) is 1.55. The molecule has 0 amide bonds. The molecule has 0 rings (SSSR count). The molecule has 0 aromatic rings. The van der Waals surface area contributed by atoms with Crippen molar-refractivity contribution in [3.05, 3.63) is 0 Å². The van der Waals surface area contributed by atoms with E-state index in [9.17, 15) is 4.79 Å². The smallest absolute Gasteiger partial charge is 0.307 e. The van der Waals surface area contributed by atoms with E-state index in [1.807, 2.05) is 0 Å². The quantitative estimate of drug-likeness (QED) is 0.446. The van der Waals surface area contributed by atoms with Gasteiger partial charge in [-0.05, 0) is 12.8 Å². The van der Waals surface area contributed by atoms with E-state index in [2.05, 4.69) is 0 Å². The molecule has 0 aromatic carbocycles. The van der Waals surface area contributed by atoms with Crippen LogP contribution in [0.5, 0.6) is 0 Å². The van der Waals surface area contributed by atoms with E-state index in [0.29, 0.717) is 26.2 Å². The van der Waals surface area contributed by atoms with E-state index in [1.165, 1.54) is 0 Å². The van der Waals surface area contributed by atoms with Gasteiger partial charge in [-0.25, -0.2) is 0 Å². The Labute approximate surface area is 73.0 Å². The summed E-state index contributed by atoms with van der Waals surface area (Å²) in [7, 11) is 1.65. The monoisotopic (exact) mass is 175 g/mol. The third-order valence-electron chi connectivity index (χ3n) is 1.35. The van der Waals surface area contributed by atoms with Crippen LogP contribution in [0.25, 0.3) is 0 Å². The van der Waals surface area contributed by atoms with E-state index in [4.69, 9.17) is 15.2 Å². The molecule has 0 aliphatic carbocycles. The van der Waals surface area contributed by atoms with Crippen molar-refractivity contribution in [1.82, 2.24) is 0 Å². The minimum atomic E-state index is -0.213. The van der Waals surface area contributed by atoms with Gasteiger partial charge in [-0.15, -0.1) is 0 Å². The van der Waals surface area contributed by atoms with Gasteiger partial charge in [0.05, 0.1) is 13.0 Å². The zero-order valence-corrected chi connectivity index (χ0v) is 7.54. The van der Waals surface area contributed by atoms with Gasteiger partial charge in [0.25, 0.3) is 0 Å². The van der Waals surface area contributed by atoms with Crippen LogP contribution in [0, 0.1) is 0 Å². The number of ether oxygens (including phenoxy) is 2. The van der Waals surface area contributed by atoms with E-state index in [-0.39, 0.29) is 5.97 Å². The summed E-state index contributed by atoms with van der Waals surface area (Å²) in [5, 5.41) is 0. The van der Waals surface area contributed by atoms with Gasteiger partial charge >= 0.3 is 5.97 Å². The first kappa shape index (κ1) is 11.4. The lowest BCUT2D eigenvalue weighted by molar-refractivity contribution is -0.143. The highest BCUT2D eigenvalue weighted by Crippen LogP contribution is 1.92. The van der Waals surface area contributed by atoms with Crippen LogP contribution in [0.1, 0.15) is 19.3 Å². The molecule has 0 bridgehead atoms.